The van der Waals surface area contributed by atoms with Gasteiger partial charge in [-0.1, -0.05) is 29.8 Å². The quantitative estimate of drug-likeness (QED) is 0.502. The smallest absolute Gasteiger partial charge is 0.232 e. The lowest BCUT2D eigenvalue weighted by molar-refractivity contribution is 0.0954. The number of Topliss-reactive ketones (excluding diaryl/α,β-unsaturated/α-hetero) is 1. The van der Waals surface area contributed by atoms with Crippen molar-refractivity contribution in [2.24, 2.45) is 0 Å². The number of ketones is 1. The Morgan fingerprint density at radius 1 is 1.13 bits per heavy atom. The maximum Gasteiger partial charge on any atom is 0.232 e. The summed E-state index contributed by atoms with van der Waals surface area (Å²) in [5, 5.41) is 0.781. The molecule has 0 fully saturated rings. The molecule has 6 heteroatoms. The van der Waals surface area contributed by atoms with Crippen LogP contribution in [0.4, 0.5) is 0 Å². The number of hydrogen-bond donors (Lipinski definition) is 0. The number of allylic oxidation sites excluding steroid dienone is 1. The van der Waals surface area contributed by atoms with Crippen LogP contribution in [0.2, 0.25) is 5.02 Å². The summed E-state index contributed by atoms with van der Waals surface area (Å²) < 4.78 is 17.5. The molecule has 0 radical (unpaired) electrons. The summed E-state index contributed by atoms with van der Waals surface area (Å²) in [4.78, 5) is 15.2. The van der Waals surface area contributed by atoms with Gasteiger partial charge < -0.3 is 13.9 Å². The van der Waals surface area contributed by atoms with Gasteiger partial charge in [0.25, 0.3) is 0 Å². The van der Waals surface area contributed by atoms with Gasteiger partial charge in [0.05, 0.1) is 5.56 Å². The molecule has 0 unspecified atom stereocenters. The van der Waals surface area contributed by atoms with Crippen LogP contribution in [0.5, 0.6) is 11.5 Å². The Bertz CT molecular complexity index is 1210. The monoisotopic (exact) mass is 435 g/mol. The van der Waals surface area contributed by atoms with Crippen molar-refractivity contribution in [3.63, 3.8) is 0 Å². The highest BCUT2D eigenvalue weighted by atomic mass is 35.5. The second kappa shape index (κ2) is 7.91. The van der Waals surface area contributed by atoms with Crippen molar-refractivity contribution in [3.05, 3.63) is 87.0 Å². The van der Waals surface area contributed by atoms with Gasteiger partial charge in [-0.05, 0) is 50.1 Å². The number of nitrogens with zero attached hydrogens (tertiary/aromatic N) is 1. The Hall–Kier alpha value is -3.02. The van der Waals surface area contributed by atoms with Crippen LogP contribution in [-0.2, 0) is 13.0 Å². The first kappa shape index (κ1) is 19.9. The van der Waals surface area contributed by atoms with Gasteiger partial charge >= 0.3 is 0 Å². The van der Waals surface area contributed by atoms with Gasteiger partial charge in [0.15, 0.2) is 5.76 Å². The van der Waals surface area contributed by atoms with Crippen molar-refractivity contribution in [1.82, 2.24) is 4.90 Å². The zero-order valence-electron chi connectivity index (χ0n) is 17.4. The average molecular weight is 436 g/mol. The maximum absolute atomic E-state index is 13.0. The van der Waals surface area contributed by atoms with Gasteiger partial charge in [-0.3, -0.25) is 9.69 Å². The van der Waals surface area contributed by atoms with Crippen molar-refractivity contribution >= 4 is 23.5 Å². The second-order valence-electron chi connectivity index (χ2n) is 7.92. The largest absolute Gasteiger partial charge is 0.477 e. The molecule has 0 saturated carbocycles. The summed E-state index contributed by atoms with van der Waals surface area (Å²) in [5.74, 6) is 2.89. The first-order valence-electron chi connectivity index (χ1n) is 10.3. The van der Waals surface area contributed by atoms with Crippen molar-refractivity contribution < 1.29 is 18.7 Å². The minimum Gasteiger partial charge on any atom is -0.477 e. The van der Waals surface area contributed by atoms with Crippen molar-refractivity contribution in [2.45, 2.75) is 26.8 Å². The van der Waals surface area contributed by atoms with Gasteiger partial charge in [-0.15, -0.1) is 0 Å². The summed E-state index contributed by atoms with van der Waals surface area (Å²) in [6, 6.07) is 13.5. The molecular formula is C25H22ClNO4. The van der Waals surface area contributed by atoms with Crippen LogP contribution >= 0.6 is 11.6 Å². The van der Waals surface area contributed by atoms with Gasteiger partial charge in [-0.2, -0.15) is 0 Å². The van der Waals surface area contributed by atoms with Crippen LogP contribution in [0.1, 0.15) is 38.6 Å². The van der Waals surface area contributed by atoms with E-state index >= 15 is 0 Å². The highest BCUT2D eigenvalue weighted by Crippen LogP contribution is 2.43. The summed E-state index contributed by atoms with van der Waals surface area (Å²) >= 11 is 6.28. The van der Waals surface area contributed by atoms with E-state index in [9.17, 15) is 4.79 Å². The van der Waals surface area contributed by atoms with Crippen LogP contribution in [0.15, 0.2) is 52.6 Å². The summed E-state index contributed by atoms with van der Waals surface area (Å²) in [6.07, 6.45) is 2.48. The second-order valence-corrected chi connectivity index (χ2v) is 8.33. The fourth-order valence-corrected chi connectivity index (χ4v) is 4.31. The Morgan fingerprint density at radius 2 is 1.97 bits per heavy atom. The minimum atomic E-state index is -0.136. The Morgan fingerprint density at radius 3 is 2.74 bits per heavy atom. The standard InChI is InChI=1S/C25H22ClNO4/c1-15-7-8-19(30-15)12-22-23(28)20-11-18-13-27(10-9-17-5-3-4-6-21(17)26)14-29-24(18)16(2)25(20)31-22/h3-8,11-12H,9-10,13-14H2,1-2H3/b22-12-. The number of rotatable bonds is 4. The van der Waals surface area contributed by atoms with E-state index in [0.717, 1.165) is 46.2 Å². The molecule has 3 aromatic rings. The van der Waals surface area contributed by atoms with E-state index in [1.807, 2.05) is 56.3 Å². The van der Waals surface area contributed by atoms with Gasteiger partial charge in [0, 0.05) is 35.3 Å². The number of aryl methyl sites for hydroxylation is 1. The highest BCUT2D eigenvalue weighted by molar-refractivity contribution is 6.31. The van der Waals surface area contributed by atoms with Crippen molar-refractivity contribution in [3.8, 4) is 11.5 Å². The fraction of sp³-hybridized carbons (Fsp3) is 0.240. The molecular weight excluding hydrogens is 414 g/mol. The zero-order chi connectivity index (χ0) is 21.5. The van der Waals surface area contributed by atoms with E-state index in [0.29, 0.717) is 30.3 Å². The number of hydrogen-bond acceptors (Lipinski definition) is 5. The molecule has 0 bridgehead atoms. The lowest BCUT2D eigenvalue weighted by atomic mass is 10.00. The Labute approximate surface area is 185 Å². The van der Waals surface area contributed by atoms with Crippen LogP contribution in [0.3, 0.4) is 0 Å². The molecule has 31 heavy (non-hydrogen) atoms. The molecule has 158 valence electrons. The van der Waals surface area contributed by atoms with E-state index < -0.39 is 0 Å². The third-order valence-corrected chi connectivity index (χ3v) is 6.06. The van der Waals surface area contributed by atoms with Crippen molar-refractivity contribution in [1.29, 1.82) is 0 Å². The number of carbonyl (C=O) groups is 1. The topological polar surface area (TPSA) is 51.9 Å². The number of ether oxygens (including phenoxy) is 2. The molecule has 0 saturated heterocycles. The fourth-order valence-electron chi connectivity index (χ4n) is 4.08. The molecule has 0 aliphatic carbocycles. The number of furan rings is 1. The first-order chi connectivity index (χ1) is 15.0. The lowest BCUT2D eigenvalue weighted by Gasteiger charge is -2.30. The van der Waals surface area contributed by atoms with Crippen LogP contribution in [0.25, 0.3) is 6.08 Å². The number of benzene rings is 2. The molecule has 2 aliphatic heterocycles. The SMILES string of the molecule is Cc1ccc(/C=C2\Oc3c(cc4c(c3C)OCN(CCc3ccccc3Cl)C4)C2=O)o1. The first-order valence-corrected chi connectivity index (χ1v) is 10.6. The normalized spacial score (nSPS) is 16.7. The van der Waals surface area contributed by atoms with E-state index in [4.69, 9.17) is 25.5 Å². The number of halogens is 1. The number of fused-ring (bicyclic) bond motifs is 2. The molecule has 0 amide bonds. The third-order valence-electron chi connectivity index (χ3n) is 5.69. The predicted molar refractivity (Wildman–Crippen MR) is 119 cm³/mol. The summed E-state index contributed by atoms with van der Waals surface area (Å²) in [6.45, 7) is 5.80. The molecule has 0 N–H and O–H groups in total. The zero-order valence-corrected chi connectivity index (χ0v) is 18.2. The van der Waals surface area contributed by atoms with E-state index in [2.05, 4.69) is 4.90 Å². The molecule has 2 aromatic carbocycles. The van der Waals surface area contributed by atoms with Crippen LogP contribution in [-0.4, -0.2) is 24.0 Å². The van der Waals surface area contributed by atoms with E-state index in [1.165, 1.54) is 0 Å². The van der Waals surface area contributed by atoms with E-state index in [1.54, 1.807) is 6.08 Å². The van der Waals surface area contributed by atoms with Crippen LogP contribution in [0, 0.1) is 13.8 Å². The molecule has 5 nitrogen and oxygen atoms in total. The molecule has 0 spiro atoms. The van der Waals surface area contributed by atoms with Crippen molar-refractivity contribution in [2.75, 3.05) is 13.3 Å². The van der Waals surface area contributed by atoms with Crippen LogP contribution < -0.4 is 9.47 Å². The van der Waals surface area contributed by atoms with E-state index in [-0.39, 0.29) is 11.5 Å². The summed E-state index contributed by atoms with van der Waals surface area (Å²) in [5.41, 5.74) is 3.54. The third kappa shape index (κ3) is 3.75. The lowest BCUT2D eigenvalue weighted by Crippen LogP contribution is -2.34. The average Bonchev–Trinajstić information content (AvgIpc) is 3.31. The van der Waals surface area contributed by atoms with Gasteiger partial charge in [-0.25, -0.2) is 0 Å². The Balaban J connectivity index is 1.37. The van der Waals surface area contributed by atoms with Gasteiger partial charge in [0.1, 0.15) is 29.8 Å². The Kier molecular flexibility index (Phi) is 5.08. The maximum atomic E-state index is 13.0. The molecule has 0 atom stereocenters. The molecule has 2 aliphatic rings. The highest BCUT2D eigenvalue weighted by Gasteiger charge is 2.33. The molecule has 1 aromatic heterocycles. The minimum absolute atomic E-state index is 0.136. The number of carbonyl (C=O) groups excluding carboxylic acids is 1. The summed E-state index contributed by atoms with van der Waals surface area (Å²) in [7, 11) is 0. The van der Waals surface area contributed by atoms with Gasteiger partial charge in [0.2, 0.25) is 5.78 Å². The molecule has 5 rings (SSSR count). The predicted octanol–water partition coefficient (Wildman–Crippen LogP) is 5.56. The molecule has 3 heterocycles.